The molecule has 0 saturated carbocycles. The van der Waals surface area contributed by atoms with Gasteiger partial charge in [0.25, 0.3) is 0 Å². The van der Waals surface area contributed by atoms with Crippen molar-refractivity contribution in [1.82, 2.24) is 15.6 Å². The summed E-state index contributed by atoms with van der Waals surface area (Å²) in [5.74, 6) is 0.0367. The van der Waals surface area contributed by atoms with Crippen molar-refractivity contribution in [2.24, 2.45) is 0 Å². The zero-order valence-electron chi connectivity index (χ0n) is 12.2. The minimum atomic E-state index is -0.0666. The Morgan fingerprint density at radius 2 is 2.05 bits per heavy atom. The van der Waals surface area contributed by atoms with Gasteiger partial charge in [0.15, 0.2) is 0 Å². The van der Waals surface area contributed by atoms with E-state index in [2.05, 4.69) is 15.6 Å². The van der Waals surface area contributed by atoms with E-state index in [1.165, 1.54) is 6.92 Å². The number of hydrogen-bond acceptors (Lipinski definition) is 3. The molecule has 0 aliphatic carbocycles. The fraction of sp³-hybridized carbons (Fsp3) is 0.533. The minimum Gasteiger partial charge on any atom is -0.356 e. The molecule has 1 heterocycles. The maximum atomic E-state index is 11.8. The quantitative estimate of drug-likeness (QED) is 0.713. The molecule has 1 atom stereocenters. The number of aromatic nitrogens is 1. The van der Waals surface area contributed by atoms with Crippen LogP contribution in [-0.4, -0.2) is 23.3 Å². The van der Waals surface area contributed by atoms with Gasteiger partial charge < -0.3 is 10.6 Å². The number of unbranched alkanes of at least 4 members (excludes halogenated alkanes) is 2. The van der Waals surface area contributed by atoms with Gasteiger partial charge >= 0.3 is 0 Å². The molecule has 0 radical (unpaired) electrons. The Morgan fingerprint density at radius 1 is 1.25 bits per heavy atom. The standard InChI is InChI=1S/C15H23N3O2/c1-12(14-8-5-7-11-17-14)18-15(20)9-4-3-6-10-16-13(2)19/h5,7-8,11-12H,3-4,6,9-10H2,1-2H3,(H,16,19)(H,18,20). The highest BCUT2D eigenvalue weighted by Gasteiger charge is 2.09. The van der Waals surface area contributed by atoms with Gasteiger partial charge in [0.2, 0.25) is 11.8 Å². The molecule has 2 amide bonds. The molecule has 1 rings (SSSR count). The highest BCUT2D eigenvalue weighted by Crippen LogP contribution is 2.08. The van der Waals surface area contributed by atoms with Gasteiger partial charge in [-0.05, 0) is 31.9 Å². The van der Waals surface area contributed by atoms with Crippen molar-refractivity contribution in [3.05, 3.63) is 30.1 Å². The summed E-state index contributed by atoms with van der Waals surface area (Å²) in [6.45, 7) is 4.12. The highest BCUT2D eigenvalue weighted by atomic mass is 16.2. The predicted octanol–water partition coefficient (Wildman–Crippen LogP) is 1.96. The second kappa shape index (κ2) is 9.07. The van der Waals surface area contributed by atoms with Crippen molar-refractivity contribution in [2.75, 3.05) is 6.54 Å². The van der Waals surface area contributed by atoms with E-state index in [0.717, 1.165) is 25.0 Å². The van der Waals surface area contributed by atoms with Gasteiger partial charge in [-0.2, -0.15) is 0 Å². The second-order valence-electron chi connectivity index (χ2n) is 4.84. The third-order valence-corrected chi connectivity index (χ3v) is 2.96. The van der Waals surface area contributed by atoms with Gasteiger partial charge in [-0.1, -0.05) is 12.5 Å². The molecule has 20 heavy (non-hydrogen) atoms. The number of carbonyl (C=O) groups is 2. The van der Waals surface area contributed by atoms with Crippen molar-refractivity contribution in [1.29, 1.82) is 0 Å². The Morgan fingerprint density at radius 3 is 2.70 bits per heavy atom. The molecule has 0 aliphatic heterocycles. The molecule has 1 aromatic rings. The first-order valence-corrected chi connectivity index (χ1v) is 7.04. The first-order valence-electron chi connectivity index (χ1n) is 7.04. The molecule has 1 unspecified atom stereocenters. The molecule has 0 saturated heterocycles. The number of amides is 2. The monoisotopic (exact) mass is 277 g/mol. The summed E-state index contributed by atoms with van der Waals surface area (Å²) in [6.07, 6.45) is 4.91. The summed E-state index contributed by atoms with van der Waals surface area (Å²) < 4.78 is 0. The van der Waals surface area contributed by atoms with Crippen LogP contribution in [0.1, 0.15) is 51.3 Å². The van der Waals surface area contributed by atoms with Crippen molar-refractivity contribution < 1.29 is 9.59 Å². The van der Waals surface area contributed by atoms with Crippen LogP contribution >= 0.6 is 0 Å². The van der Waals surface area contributed by atoms with Crippen LogP contribution in [-0.2, 0) is 9.59 Å². The molecule has 110 valence electrons. The van der Waals surface area contributed by atoms with E-state index in [4.69, 9.17) is 0 Å². The van der Waals surface area contributed by atoms with E-state index in [1.807, 2.05) is 25.1 Å². The van der Waals surface area contributed by atoms with Crippen molar-refractivity contribution in [3.63, 3.8) is 0 Å². The van der Waals surface area contributed by atoms with E-state index in [1.54, 1.807) is 6.20 Å². The number of nitrogens with zero attached hydrogens (tertiary/aromatic N) is 1. The van der Waals surface area contributed by atoms with Crippen LogP contribution in [0.2, 0.25) is 0 Å². The average Bonchev–Trinajstić information content (AvgIpc) is 2.43. The normalized spacial score (nSPS) is 11.7. The fourth-order valence-electron chi connectivity index (χ4n) is 1.87. The first-order chi connectivity index (χ1) is 9.59. The minimum absolute atomic E-state index is 0.00747. The summed E-state index contributed by atoms with van der Waals surface area (Å²) in [6, 6.07) is 5.60. The zero-order chi connectivity index (χ0) is 14.8. The second-order valence-corrected chi connectivity index (χ2v) is 4.84. The molecule has 1 aromatic heterocycles. The predicted molar refractivity (Wildman–Crippen MR) is 77.9 cm³/mol. The lowest BCUT2D eigenvalue weighted by Crippen LogP contribution is -2.27. The lowest BCUT2D eigenvalue weighted by atomic mass is 10.1. The number of hydrogen-bond donors (Lipinski definition) is 2. The number of carbonyl (C=O) groups excluding carboxylic acids is 2. The van der Waals surface area contributed by atoms with E-state index in [-0.39, 0.29) is 17.9 Å². The lowest BCUT2D eigenvalue weighted by Gasteiger charge is -2.13. The maximum absolute atomic E-state index is 11.8. The van der Waals surface area contributed by atoms with Crippen LogP contribution in [0.3, 0.4) is 0 Å². The zero-order valence-corrected chi connectivity index (χ0v) is 12.2. The Kier molecular flexibility index (Phi) is 7.32. The Hall–Kier alpha value is -1.91. The fourth-order valence-corrected chi connectivity index (χ4v) is 1.87. The molecular formula is C15H23N3O2. The first kappa shape index (κ1) is 16.1. The highest BCUT2D eigenvalue weighted by molar-refractivity contribution is 5.76. The summed E-state index contributed by atoms with van der Waals surface area (Å²) in [5.41, 5.74) is 0.867. The van der Waals surface area contributed by atoms with Gasteiger partial charge in [-0.25, -0.2) is 0 Å². The van der Waals surface area contributed by atoms with Gasteiger partial charge in [-0.3, -0.25) is 14.6 Å². The Bertz CT molecular complexity index is 420. The van der Waals surface area contributed by atoms with Crippen LogP contribution in [0.15, 0.2) is 24.4 Å². The SMILES string of the molecule is CC(=O)NCCCCCC(=O)NC(C)c1ccccn1. The Labute approximate surface area is 120 Å². The summed E-state index contributed by atoms with van der Waals surface area (Å²) in [5, 5.41) is 5.67. The maximum Gasteiger partial charge on any atom is 0.220 e. The van der Waals surface area contributed by atoms with Gasteiger partial charge in [0.1, 0.15) is 0 Å². The molecule has 0 bridgehead atoms. The smallest absolute Gasteiger partial charge is 0.220 e. The van der Waals surface area contributed by atoms with Crippen molar-refractivity contribution in [2.45, 2.75) is 45.6 Å². The molecule has 0 spiro atoms. The summed E-state index contributed by atoms with van der Waals surface area (Å²) in [7, 11) is 0. The molecule has 0 fully saturated rings. The average molecular weight is 277 g/mol. The summed E-state index contributed by atoms with van der Waals surface area (Å²) >= 11 is 0. The van der Waals surface area contributed by atoms with E-state index in [9.17, 15) is 9.59 Å². The number of rotatable bonds is 8. The van der Waals surface area contributed by atoms with Gasteiger partial charge in [-0.15, -0.1) is 0 Å². The molecular weight excluding hydrogens is 254 g/mol. The van der Waals surface area contributed by atoms with Crippen LogP contribution in [0.5, 0.6) is 0 Å². The van der Waals surface area contributed by atoms with Crippen LogP contribution in [0, 0.1) is 0 Å². The van der Waals surface area contributed by atoms with E-state index in [0.29, 0.717) is 13.0 Å². The molecule has 2 N–H and O–H groups in total. The van der Waals surface area contributed by atoms with Crippen LogP contribution in [0.25, 0.3) is 0 Å². The third kappa shape index (κ3) is 6.87. The van der Waals surface area contributed by atoms with Gasteiger partial charge in [0, 0.05) is 26.1 Å². The third-order valence-electron chi connectivity index (χ3n) is 2.96. The Balaban J connectivity index is 2.13. The largest absolute Gasteiger partial charge is 0.356 e. The molecule has 0 aliphatic rings. The van der Waals surface area contributed by atoms with Gasteiger partial charge in [0.05, 0.1) is 11.7 Å². The molecule has 5 nitrogen and oxygen atoms in total. The van der Waals surface area contributed by atoms with E-state index < -0.39 is 0 Å². The number of pyridine rings is 1. The number of nitrogens with one attached hydrogen (secondary N) is 2. The lowest BCUT2D eigenvalue weighted by molar-refractivity contribution is -0.122. The molecule has 5 heteroatoms. The van der Waals surface area contributed by atoms with Crippen molar-refractivity contribution >= 4 is 11.8 Å². The summed E-state index contributed by atoms with van der Waals surface area (Å²) in [4.78, 5) is 26.6. The van der Waals surface area contributed by atoms with Crippen molar-refractivity contribution in [3.8, 4) is 0 Å². The van der Waals surface area contributed by atoms with Crippen LogP contribution in [0.4, 0.5) is 0 Å². The molecule has 0 aromatic carbocycles. The van der Waals surface area contributed by atoms with Crippen LogP contribution < -0.4 is 10.6 Å². The topological polar surface area (TPSA) is 71.1 Å². The van der Waals surface area contributed by atoms with E-state index >= 15 is 0 Å².